The Bertz CT molecular complexity index is 929. The van der Waals surface area contributed by atoms with Crippen LogP contribution in [-0.2, 0) is 11.8 Å². The molecule has 2 heterocycles. The third kappa shape index (κ3) is 5.19. The maximum absolute atomic E-state index is 10.6. The van der Waals surface area contributed by atoms with E-state index >= 15 is 0 Å². The van der Waals surface area contributed by atoms with Crippen LogP contribution in [0.5, 0.6) is 11.5 Å². The van der Waals surface area contributed by atoms with Crippen molar-refractivity contribution in [1.29, 1.82) is 0 Å². The monoisotopic (exact) mass is 443 g/mol. The Morgan fingerprint density at radius 1 is 1.16 bits per heavy atom. The number of nitrogens with zero attached hydrogens (tertiary/aromatic N) is 1. The Labute approximate surface area is 191 Å². The zero-order chi connectivity index (χ0) is 22.2. The Balaban J connectivity index is 1.29. The second-order valence-electron chi connectivity index (χ2n) is 10.2. The van der Waals surface area contributed by atoms with Crippen LogP contribution in [0, 0.1) is 6.92 Å². The molecule has 1 fully saturated rings. The summed E-state index contributed by atoms with van der Waals surface area (Å²) in [5, 5.41) is 11.4. The molecule has 0 bridgehead atoms. The van der Waals surface area contributed by atoms with Crippen LogP contribution in [0.15, 0.2) is 36.4 Å². The lowest BCUT2D eigenvalue weighted by molar-refractivity contribution is -0.00206. The molecule has 5 heteroatoms. The summed E-state index contributed by atoms with van der Waals surface area (Å²) in [6.45, 7) is 11.4. The van der Waals surface area contributed by atoms with E-state index in [1.54, 1.807) is 0 Å². The minimum Gasteiger partial charge on any atom is -0.491 e. The van der Waals surface area contributed by atoms with Gasteiger partial charge >= 0.3 is 0 Å². The second kappa shape index (κ2) is 8.65. The van der Waals surface area contributed by atoms with Crippen LogP contribution in [0.2, 0.25) is 5.02 Å². The number of hydrogen-bond donors (Lipinski definition) is 1. The van der Waals surface area contributed by atoms with Gasteiger partial charge in [0.2, 0.25) is 0 Å². The van der Waals surface area contributed by atoms with Gasteiger partial charge in [-0.3, -0.25) is 0 Å². The Morgan fingerprint density at radius 3 is 2.61 bits per heavy atom. The van der Waals surface area contributed by atoms with Crippen LogP contribution < -0.4 is 9.47 Å². The smallest absolute Gasteiger partial charge is 0.123 e. The summed E-state index contributed by atoms with van der Waals surface area (Å²) < 4.78 is 12.4. The lowest BCUT2D eigenvalue weighted by atomic mass is 9.86. The van der Waals surface area contributed by atoms with E-state index in [2.05, 4.69) is 50.8 Å². The molecule has 0 saturated carbocycles. The zero-order valence-corrected chi connectivity index (χ0v) is 19.8. The Hall–Kier alpha value is -1.75. The van der Waals surface area contributed by atoms with E-state index in [0.29, 0.717) is 13.2 Å². The standard InChI is InChI=1S/C26H34ClNO3/c1-18-5-7-22(25(2,3)4)24(13-18)30-17-21(29)16-28-11-9-26(10-12-28)15-19-14-20(27)6-8-23(19)31-26/h5-8,13-14,21,29H,9-12,15-17H2,1-4H3. The molecule has 4 nitrogen and oxygen atoms in total. The highest BCUT2D eigenvalue weighted by Crippen LogP contribution is 2.42. The van der Waals surface area contributed by atoms with Gasteiger partial charge in [-0.05, 0) is 53.3 Å². The van der Waals surface area contributed by atoms with Gasteiger partial charge in [0, 0.05) is 43.9 Å². The summed E-state index contributed by atoms with van der Waals surface area (Å²) in [6.07, 6.45) is 2.31. The zero-order valence-electron chi connectivity index (χ0n) is 19.1. The van der Waals surface area contributed by atoms with Crippen molar-refractivity contribution in [3.63, 3.8) is 0 Å². The summed E-state index contributed by atoms with van der Waals surface area (Å²) >= 11 is 6.14. The van der Waals surface area contributed by atoms with Crippen LogP contribution in [0.1, 0.15) is 50.3 Å². The predicted octanol–water partition coefficient (Wildman–Crippen LogP) is 5.16. The van der Waals surface area contributed by atoms with E-state index in [9.17, 15) is 5.11 Å². The number of aryl methyl sites for hydroxylation is 1. The molecule has 1 spiro atoms. The van der Waals surface area contributed by atoms with Crippen molar-refractivity contribution >= 4 is 11.6 Å². The SMILES string of the molecule is Cc1ccc(C(C)(C)C)c(OCC(O)CN2CCC3(CC2)Cc2cc(Cl)ccc2O3)c1. The van der Waals surface area contributed by atoms with Gasteiger partial charge in [0.25, 0.3) is 0 Å². The topological polar surface area (TPSA) is 41.9 Å². The summed E-state index contributed by atoms with van der Waals surface area (Å²) in [5.74, 6) is 1.85. The number of β-amino-alcohol motifs (C(OH)–C–C–N with tert-alkyl or cyclic N) is 1. The summed E-state index contributed by atoms with van der Waals surface area (Å²) in [6, 6.07) is 12.2. The minimum absolute atomic E-state index is 0.00173. The lowest BCUT2D eigenvalue weighted by Gasteiger charge is -2.39. The molecule has 2 aliphatic rings. The number of aliphatic hydroxyl groups excluding tert-OH is 1. The van der Waals surface area contributed by atoms with Gasteiger partial charge in [0.15, 0.2) is 0 Å². The van der Waals surface area contributed by atoms with Crippen molar-refractivity contribution in [2.45, 2.75) is 64.1 Å². The molecule has 2 aliphatic heterocycles. The number of halogens is 1. The molecule has 0 radical (unpaired) electrons. The highest BCUT2D eigenvalue weighted by Gasteiger charge is 2.42. The van der Waals surface area contributed by atoms with E-state index in [1.807, 2.05) is 18.2 Å². The summed E-state index contributed by atoms with van der Waals surface area (Å²) in [5.41, 5.74) is 3.43. The third-order valence-electron chi connectivity index (χ3n) is 6.47. The van der Waals surface area contributed by atoms with Crippen LogP contribution in [0.3, 0.4) is 0 Å². The van der Waals surface area contributed by atoms with Gasteiger partial charge < -0.3 is 19.5 Å². The number of benzene rings is 2. The molecule has 31 heavy (non-hydrogen) atoms. The first-order valence-electron chi connectivity index (χ1n) is 11.3. The Kier molecular flexibility index (Phi) is 6.26. The summed E-state index contributed by atoms with van der Waals surface area (Å²) in [4.78, 5) is 2.32. The van der Waals surface area contributed by atoms with E-state index in [-0.39, 0.29) is 11.0 Å². The largest absolute Gasteiger partial charge is 0.491 e. The first-order valence-corrected chi connectivity index (χ1v) is 11.6. The number of fused-ring (bicyclic) bond motifs is 1. The molecule has 4 rings (SSSR count). The number of likely N-dealkylation sites (tertiary alicyclic amines) is 1. The van der Waals surface area contributed by atoms with Crippen molar-refractivity contribution < 1.29 is 14.6 Å². The summed E-state index contributed by atoms with van der Waals surface area (Å²) in [7, 11) is 0. The number of piperidine rings is 1. The van der Waals surface area contributed by atoms with E-state index in [0.717, 1.165) is 54.4 Å². The van der Waals surface area contributed by atoms with Crippen LogP contribution in [0.25, 0.3) is 0 Å². The highest BCUT2D eigenvalue weighted by molar-refractivity contribution is 6.30. The molecule has 0 aromatic heterocycles. The maximum atomic E-state index is 10.6. The van der Waals surface area contributed by atoms with Crippen molar-refractivity contribution in [2.24, 2.45) is 0 Å². The van der Waals surface area contributed by atoms with Crippen molar-refractivity contribution in [3.05, 3.63) is 58.1 Å². The van der Waals surface area contributed by atoms with Gasteiger partial charge in [-0.2, -0.15) is 0 Å². The molecular formula is C26H34ClNO3. The first kappa shape index (κ1) is 22.4. The van der Waals surface area contributed by atoms with Crippen molar-refractivity contribution in [3.8, 4) is 11.5 Å². The van der Waals surface area contributed by atoms with Gasteiger partial charge in [-0.25, -0.2) is 0 Å². The highest BCUT2D eigenvalue weighted by atomic mass is 35.5. The number of hydrogen-bond acceptors (Lipinski definition) is 4. The van der Waals surface area contributed by atoms with E-state index < -0.39 is 6.10 Å². The minimum atomic E-state index is -0.525. The quantitative estimate of drug-likeness (QED) is 0.693. The van der Waals surface area contributed by atoms with E-state index in [1.165, 1.54) is 11.1 Å². The van der Waals surface area contributed by atoms with Gasteiger partial charge in [0.1, 0.15) is 29.8 Å². The van der Waals surface area contributed by atoms with Gasteiger partial charge in [0.05, 0.1) is 0 Å². The molecule has 1 unspecified atom stereocenters. The molecule has 0 aliphatic carbocycles. The number of rotatable bonds is 5. The fourth-order valence-electron chi connectivity index (χ4n) is 4.73. The van der Waals surface area contributed by atoms with Crippen molar-refractivity contribution in [2.75, 3.05) is 26.2 Å². The molecule has 168 valence electrons. The third-order valence-corrected chi connectivity index (χ3v) is 6.71. The fraction of sp³-hybridized carbons (Fsp3) is 0.538. The maximum Gasteiger partial charge on any atom is 0.123 e. The average molecular weight is 444 g/mol. The predicted molar refractivity (Wildman–Crippen MR) is 126 cm³/mol. The average Bonchev–Trinajstić information content (AvgIpc) is 3.04. The number of aliphatic hydroxyl groups is 1. The normalized spacial score (nSPS) is 19.2. The molecular weight excluding hydrogens is 410 g/mol. The Morgan fingerprint density at radius 2 is 1.90 bits per heavy atom. The molecule has 2 aromatic carbocycles. The number of ether oxygens (including phenoxy) is 2. The second-order valence-corrected chi connectivity index (χ2v) is 10.7. The molecule has 2 aromatic rings. The van der Waals surface area contributed by atoms with Crippen LogP contribution in [0.4, 0.5) is 0 Å². The first-order chi connectivity index (χ1) is 14.6. The fourth-order valence-corrected chi connectivity index (χ4v) is 4.92. The lowest BCUT2D eigenvalue weighted by Crippen LogP contribution is -2.49. The van der Waals surface area contributed by atoms with Crippen LogP contribution >= 0.6 is 11.6 Å². The van der Waals surface area contributed by atoms with Gasteiger partial charge in [-0.15, -0.1) is 0 Å². The molecule has 1 saturated heterocycles. The van der Waals surface area contributed by atoms with Crippen LogP contribution in [-0.4, -0.2) is 48.0 Å². The van der Waals surface area contributed by atoms with Crippen molar-refractivity contribution in [1.82, 2.24) is 4.90 Å². The molecule has 1 N–H and O–H groups in total. The molecule has 1 atom stereocenters. The van der Waals surface area contributed by atoms with Gasteiger partial charge in [-0.1, -0.05) is 44.5 Å². The van der Waals surface area contributed by atoms with E-state index in [4.69, 9.17) is 21.1 Å². The molecule has 0 amide bonds.